The van der Waals surface area contributed by atoms with Gasteiger partial charge in [-0.15, -0.1) is 0 Å². The minimum absolute atomic E-state index is 0.211. The number of methoxy groups -OCH3 is 1. The molecule has 1 fully saturated rings. The maximum Gasteiger partial charge on any atom is 0.227 e. The van der Waals surface area contributed by atoms with Gasteiger partial charge in [0.2, 0.25) is 5.91 Å². The quantitative estimate of drug-likeness (QED) is 0.819. The first kappa shape index (κ1) is 15.5. The normalized spacial score (nSPS) is 16.4. The van der Waals surface area contributed by atoms with Crippen molar-refractivity contribution in [3.63, 3.8) is 0 Å². The van der Waals surface area contributed by atoms with Crippen LogP contribution in [-0.4, -0.2) is 62.1 Å². The maximum absolute atomic E-state index is 12.3. The highest BCUT2D eigenvalue weighted by Gasteiger charge is 2.21. The molecule has 0 aliphatic carbocycles. The molecular formula is C15H21BrN2O2. The van der Waals surface area contributed by atoms with Crippen molar-refractivity contribution in [2.75, 3.05) is 46.4 Å². The van der Waals surface area contributed by atoms with Gasteiger partial charge in [-0.25, -0.2) is 0 Å². The van der Waals surface area contributed by atoms with E-state index in [-0.39, 0.29) is 5.91 Å². The first-order valence-corrected chi connectivity index (χ1v) is 7.72. The summed E-state index contributed by atoms with van der Waals surface area (Å²) in [7, 11) is 1.72. The van der Waals surface area contributed by atoms with Gasteiger partial charge in [0, 0.05) is 44.3 Å². The minimum Gasteiger partial charge on any atom is -0.383 e. The third-order valence-corrected chi connectivity index (χ3v) is 4.41. The molecule has 1 heterocycles. The zero-order valence-electron chi connectivity index (χ0n) is 11.8. The monoisotopic (exact) mass is 340 g/mol. The number of piperazine rings is 1. The first-order chi connectivity index (χ1) is 9.70. The van der Waals surface area contributed by atoms with Gasteiger partial charge in [-0.05, 0) is 11.6 Å². The number of hydrogen-bond acceptors (Lipinski definition) is 3. The Hall–Kier alpha value is -0.910. The van der Waals surface area contributed by atoms with Gasteiger partial charge in [-0.1, -0.05) is 34.1 Å². The van der Waals surface area contributed by atoms with Gasteiger partial charge in [0.25, 0.3) is 0 Å². The van der Waals surface area contributed by atoms with Crippen LogP contribution in [0.1, 0.15) is 5.56 Å². The van der Waals surface area contributed by atoms with E-state index in [0.29, 0.717) is 6.42 Å². The number of amides is 1. The van der Waals surface area contributed by atoms with Crippen molar-refractivity contribution < 1.29 is 9.53 Å². The molecular weight excluding hydrogens is 320 g/mol. The third kappa shape index (κ3) is 4.30. The largest absolute Gasteiger partial charge is 0.383 e. The number of hydrogen-bond donors (Lipinski definition) is 0. The Bertz CT molecular complexity index is 445. The number of carbonyl (C=O) groups is 1. The molecule has 110 valence electrons. The van der Waals surface area contributed by atoms with Crippen LogP contribution in [0.25, 0.3) is 0 Å². The van der Waals surface area contributed by atoms with Crippen LogP contribution in [0.3, 0.4) is 0 Å². The van der Waals surface area contributed by atoms with Gasteiger partial charge in [0.15, 0.2) is 0 Å². The molecule has 0 atom stereocenters. The van der Waals surface area contributed by atoms with E-state index in [2.05, 4.69) is 20.8 Å². The minimum atomic E-state index is 0.211. The molecule has 0 aromatic heterocycles. The van der Waals surface area contributed by atoms with Crippen LogP contribution >= 0.6 is 15.9 Å². The molecule has 1 aromatic carbocycles. The molecule has 0 spiro atoms. The van der Waals surface area contributed by atoms with Gasteiger partial charge < -0.3 is 9.64 Å². The van der Waals surface area contributed by atoms with Gasteiger partial charge in [-0.2, -0.15) is 0 Å². The smallest absolute Gasteiger partial charge is 0.227 e. The molecule has 1 aliphatic heterocycles. The predicted octanol–water partition coefficient (Wildman–Crippen LogP) is 1.78. The summed E-state index contributed by atoms with van der Waals surface area (Å²) in [4.78, 5) is 16.6. The standard InChI is InChI=1S/C15H21BrN2O2/c1-20-11-10-17-6-8-18(9-7-17)15(19)12-13-4-2-3-5-14(13)16/h2-5H,6-12H2,1H3. The van der Waals surface area contributed by atoms with Crippen LogP contribution in [0.4, 0.5) is 0 Å². The van der Waals surface area contributed by atoms with Crippen LogP contribution < -0.4 is 0 Å². The van der Waals surface area contributed by atoms with Crippen LogP contribution in [0.2, 0.25) is 0 Å². The zero-order valence-corrected chi connectivity index (χ0v) is 13.4. The van der Waals surface area contributed by atoms with E-state index in [1.807, 2.05) is 29.2 Å². The Morgan fingerprint density at radius 2 is 1.95 bits per heavy atom. The molecule has 1 aliphatic rings. The molecule has 0 N–H and O–H groups in total. The van der Waals surface area contributed by atoms with Crippen molar-refractivity contribution in [2.45, 2.75) is 6.42 Å². The Morgan fingerprint density at radius 3 is 2.60 bits per heavy atom. The highest BCUT2D eigenvalue weighted by Crippen LogP contribution is 2.17. The van der Waals surface area contributed by atoms with Crippen LogP contribution in [0, 0.1) is 0 Å². The van der Waals surface area contributed by atoms with Crippen molar-refractivity contribution >= 4 is 21.8 Å². The summed E-state index contributed by atoms with van der Waals surface area (Å²) in [6.07, 6.45) is 0.472. The summed E-state index contributed by atoms with van der Waals surface area (Å²) in [5.41, 5.74) is 1.05. The van der Waals surface area contributed by atoms with E-state index in [1.165, 1.54) is 0 Å². The predicted molar refractivity (Wildman–Crippen MR) is 82.7 cm³/mol. The van der Waals surface area contributed by atoms with Gasteiger partial charge in [0.05, 0.1) is 13.0 Å². The summed E-state index contributed by atoms with van der Waals surface area (Å²) in [5.74, 6) is 0.211. The lowest BCUT2D eigenvalue weighted by Gasteiger charge is -2.34. The van der Waals surface area contributed by atoms with Crippen molar-refractivity contribution in [2.24, 2.45) is 0 Å². The lowest BCUT2D eigenvalue weighted by atomic mass is 10.1. The molecule has 0 saturated carbocycles. The van der Waals surface area contributed by atoms with Crippen molar-refractivity contribution in [3.05, 3.63) is 34.3 Å². The molecule has 4 nitrogen and oxygen atoms in total. The molecule has 1 saturated heterocycles. The van der Waals surface area contributed by atoms with Gasteiger partial charge in [0.1, 0.15) is 0 Å². The summed E-state index contributed by atoms with van der Waals surface area (Å²) in [6.45, 7) is 5.20. The van der Waals surface area contributed by atoms with Gasteiger partial charge in [-0.3, -0.25) is 9.69 Å². The fourth-order valence-electron chi connectivity index (χ4n) is 2.36. The number of carbonyl (C=O) groups excluding carboxylic acids is 1. The number of nitrogens with zero attached hydrogens (tertiary/aromatic N) is 2. The SMILES string of the molecule is COCCN1CCN(C(=O)Cc2ccccc2Br)CC1. The lowest BCUT2D eigenvalue weighted by molar-refractivity contribution is -0.132. The first-order valence-electron chi connectivity index (χ1n) is 6.93. The van der Waals surface area contributed by atoms with Crippen LogP contribution in [-0.2, 0) is 16.0 Å². The second-order valence-corrected chi connectivity index (χ2v) is 5.84. The average molecular weight is 341 g/mol. The Kier molecular flexibility index (Phi) is 6.01. The molecule has 0 bridgehead atoms. The van der Waals surface area contributed by atoms with E-state index in [9.17, 15) is 4.79 Å². The Balaban J connectivity index is 1.82. The molecule has 0 radical (unpaired) electrons. The van der Waals surface area contributed by atoms with Crippen LogP contribution in [0.5, 0.6) is 0 Å². The van der Waals surface area contributed by atoms with E-state index >= 15 is 0 Å². The fraction of sp³-hybridized carbons (Fsp3) is 0.533. The lowest BCUT2D eigenvalue weighted by Crippen LogP contribution is -2.49. The highest BCUT2D eigenvalue weighted by atomic mass is 79.9. The second kappa shape index (κ2) is 7.76. The maximum atomic E-state index is 12.3. The molecule has 2 rings (SSSR count). The summed E-state index contributed by atoms with van der Waals surface area (Å²) in [5, 5.41) is 0. The summed E-state index contributed by atoms with van der Waals surface area (Å²) >= 11 is 3.49. The average Bonchev–Trinajstić information content (AvgIpc) is 2.48. The van der Waals surface area contributed by atoms with E-state index < -0.39 is 0 Å². The third-order valence-electron chi connectivity index (χ3n) is 3.64. The topological polar surface area (TPSA) is 32.8 Å². The molecule has 20 heavy (non-hydrogen) atoms. The van der Waals surface area contributed by atoms with Crippen molar-refractivity contribution in [1.29, 1.82) is 0 Å². The number of halogens is 1. The van der Waals surface area contributed by atoms with Crippen molar-refractivity contribution in [1.82, 2.24) is 9.80 Å². The Morgan fingerprint density at radius 1 is 1.25 bits per heavy atom. The number of rotatable bonds is 5. The highest BCUT2D eigenvalue weighted by molar-refractivity contribution is 9.10. The second-order valence-electron chi connectivity index (χ2n) is 4.98. The molecule has 0 unspecified atom stereocenters. The van der Waals surface area contributed by atoms with Crippen LogP contribution in [0.15, 0.2) is 28.7 Å². The zero-order chi connectivity index (χ0) is 14.4. The summed E-state index contributed by atoms with van der Waals surface area (Å²) < 4.78 is 6.09. The van der Waals surface area contributed by atoms with Gasteiger partial charge >= 0.3 is 0 Å². The van der Waals surface area contributed by atoms with E-state index in [1.54, 1.807) is 7.11 Å². The summed E-state index contributed by atoms with van der Waals surface area (Å²) in [6, 6.07) is 7.91. The van der Waals surface area contributed by atoms with E-state index in [0.717, 1.165) is 49.4 Å². The molecule has 1 amide bonds. The Labute approximate surface area is 128 Å². The number of ether oxygens (including phenoxy) is 1. The van der Waals surface area contributed by atoms with E-state index in [4.69, 9.17) is 4.74 Å². The van der Waals surface area contributed by atoms with Crippen molar-refractivity contribution in [3.8, 4) is 0 Å². The molecule has 1 aromatic rings. The fourth-order valence-corrected chi connectivity index (χ4v) is 2.78. The molecule has 5 heteroatoms. The number of benzene rings is 1.